The number of aliphatic hydroxyl groups is 2. The summed E-state index contributed by atoms with van der Waals surface area (Å²) < 4.78 is 49.1. The van der Waals surface area contributed by atoms with E-state index in [2.05, 4.69) is 5.32 Å². The number of carbonyl (C=O) groups excluding carboxylic acids is 6. The highest BCUT2D eigenvalue weighted by Crippen LogP contribution is 2.86. The number of hydrogen-bond acceptors (Lipinski definition) is 17. The number of carbonyl (C=O) groups is 6. The summed E-state index contributed by atoms with van der Waals surface area (Å²) in [4.78, 5) is 86.4. The van der Waals surface area contributed by atoms with Crippen LogP contribution in [0.2, 0.25) is 18.1 Å². The molecule has 19 heteroatoms. The first kappa shape index (κ1) is 51.2. The van der Waals surface area contributed by atoms with Crippen molar-refractivity contribution in [3.05, 3.63) is 69.4 Å². The lowest BCUT2D eigenvalue weighted by Gasteiger charge is -2.86. The maximum atomic E-state index is 15.7. The Morgan fingerprint density at radius 1 is 0.971 bits per heavy atom. The molecule has 3 saturated carbocycles. The van der Waals surface area contributed by atoms with Crippen LogP contribution in [-0.4, -0.2) is 121 Å². The van der Waals surface area contributed by atoms with Gasteiger partial charge in [0.1, 0.15) is 35.6 Å². The molecule has 68 heavy (non-hydrogen) atoms. The lowest BCUT2D eigenvalue weighted by atomic mass is 9.20. The van der Waals surface area contributed by atoms with Crippen LogP contribution in [0.1, 0.15) is 110 Å². The van der Waals surface area contributed by atoms with Gasteiger partial charge in [-0.3, -0.25) is 9.59 Å². The fourth-order valence-corrected chi connectivity index (χ4v) is 16.1. The number of thiophene rings is 1. The molecular weight excluding hydrogens is 919 g/mol. The normalized spacial score (nSPS) is 33.4. The molecule has 1 aromatic heterocycles. The number of fused-ring (bicyclic) bond motifs is 1. The number of rotatable bonds is 15. The first-order valence-corrected chi connectivity index (χ1v) is 26.8. The number of ether oxygens (including phenoxy) is 7. The predicted molar refractivity (Wildman–Crippen MR) is 247 cm³/mol. The minimum absolute atomic E-state index is 0.0172. The van der Waals surface area contributed by atoms with Gasteiger partial charge in [-0.15, -0.1) is 11.3 Å². The summed E-state index contributed by atoms with van der Waals surface area (Å²) in [6.07, 6.45) is -11.9. The number of amides is 1. The lowest BCUT2D eigenvalue weighted by molar-refractivity contribution is -0.472. The number of nitrogens with one attached hydrogen (secondary N) is 1. The van der Waals surface area contributed by atoms with Gasteiger partial charge >= 0.3 is 30.2 Å². The molecule has 12 atom stereocenters. The van der Waals surface area contributed by atoms with Crippen molar-refractivity contribution < 1.29 is 76.6 Å². The van der Waals surface area contributed by atoms with Crippen molar-refractivity contribution in [3.8, 4) is 0 Å². The van der Waals surface area contributed by atoms with E-state index >= 15 is 9.59 Å². The maximum Gasteiger partial charge on any atom is 0.509 e. The Labute approximate surface area is 401 Å². The standard InChI is InChI=1S/C49H65NO16SSi/c1-12-59-43(57)62-36-34-27(5)30(61-40(55)37(66-68(13-2,14-3)15-4)35(31-22-19-23-67-31)50-42(56)65-44(7,8)9)25-47(58)41(63-39(54)29-20-17-16-18-21-29)49(46(34,47)11)45(10,38(36)53)32(52)24-33-48(49,26-60-33)64-28(6)51/h16-23,30,32-33,35-37,41,52,58H,12-15,24-26H2,1-11H3,(H,50,56)/t30-,32-,33+,35-,36+,37+,41+,45-,46-,47+,48-,49?/m0/s1. The van der Waals surface area contributed by atoms with Crippen molar-refractivity contribution in [2.24, 2.45) is 16.2 Å². The minimum atomic E-state index is -2.73. The Morgan fingerprint density at radius 2 is 1.63 bits per heavy atom. The highest BCUT2D eigenvalue weighted by Gasteiger charge is 2.99. The van der Waals surface area contributed by atoms with Gasteiger partial charge in [0, 0.05) is 30.1 Å². The monoisotopic (exact) mass is 983 g/mol. The number of hydrogen-bond donors (Lipinski definition) is 3. The topological polar surface area (TPSA) is 229 Å². The molecule has 1 aromatic carbocycles. The second-order valence-electron chi connectivity index (χ2n) is 19.9. The molecule has 1 saturated heterocycles. The van der Waals surface area contributed by atoms with Crippen LogP contribution in [0.4, 0.5) is 9.59 Å². The Bertz CT molecular complexity index is 2320. The van der Waals surface area contributed by atoms with Crippen molar-refractivity contribution in [1.82, 2.24) is 5.32 Å². The fraction of sp³-hybridized carbons (Fsp3) is 0.633. The molecule has 1 amide bonds. The maximum absolute atomic E-state index is 15.7. The summed E-state index contributed by atoms with van der Waals surface area (Å²) >= 11 is 1.28. The summed E-state index contributed by atoms with van der Waals surface area (Å²) in [7, 11) is -2.73. The average molecular weight is 984 g/mol. The Balaban J connectivity index is 1.45. The van der Waals surface area contributed by atoms with E-state index in [0.29, 0.717) is 23.0 Å². The highest BCUT2D eigenvalue weighted by atomic mass is 32.1. The van der Waals surface area contributed by atoms with E-state index in [0.717, 1.165) is 0 Å². The number of alkyl carbamates (subject to hydrolysis) is 1. The third-order valence-corrected chi connectivity index (χ3v) is 21.3. The molecule has 0 bridgehead atoms. The zero-order valence-electron chi connectivity index (χ0n) is 40.6. The lowest BCUT2D eigenvalue weighted by Crippen LogP contribution is -3.00. The van der Waals surface area contributed by atoms with Gasteiger partial charge in [0.05, 0.1) is 35.7 Å². The Hall–Kier alpha value is -4.66. The molecule has 1 unspecified atom stereocenters. The van der Waals surface area contributed by atoms with Crippen molar-refractivity contribution in [2.75, 3.05) is 13.2 Å². The zero-order chi connectivity index (χ0) is 50.0. The molecule has 1 aliphatic heterocycles. The molecule has 3 N–H and O–H groups in total. The van der Waals surface area contributed by atoms with Crippen LogP contribution in [0.3, 0.4) is 0 Å². The van der Waals surface area contributed by atoms with Gasteiger partial charge in [-0.1, -0.05) is 52.0 Å². The number of aliphatic hydroxyl groups excluding tert-OH is 1. The van der Waals surface area contributed by atoms with Gasteiger partial charge < -0.3 is 53.1 Å². The molecule has 5 aliphatic rings. The first-order valence-electron chi connectivity index (χ1n) is 23.4. The van der Waals surface area contributed by atoms with E-state index in [1.54, 1.807) is 77.3 Å². The average Bonchev–Trinajstić information content (AvgIpc) is 3.82. The van der Waals surface area contributed by atoms with Gasteiger partial charge in [0.15, 0.2) is 31.9 Å². The van der Waals surface area contributed by atoms with Crippen LogP contribution in [0.15, 0.2) is 59.0 Å². The SMILES string of the molecule is CCOC(=O)O[C@H]1C(=O)[C@]2(C)[C@@H](O)C[C@H]3OC[C@@]3(OC(C)=O)C23[C@H](OC(=O)c2ccccc2)[C@]2(O)C[C@H](OC(=O)[C@H](O[Si](CC)(CC)CC)[C@@H](NC(=O)OC(C)(C)C)c4cccs4)C(C)=C1[C@]32C. The zero-order valence-corrected chi connectivity index (χ0v) is 42.4. The number of benzene rings is 1. The van der Waals surface area contributed by atoms with Crippen LogP contribution in [0.5, 0.6) is 0 Å². The van der Waals surface area contributed by atoms with E-state index < -0.39 is 126 Å². The van der Waals surface area contributed by atoms with Gasteiger partial charge in [-0.25, -0.2) is 19.2 Å². The molecule has 17 nitrogen and oxygen atoms in total. The summed E-state index contributed by atoms with van der Waals surface area (Å²) in [5.41, 5.74) is -10.7. The van der Waals surface area contributed by atoms with Crippen molar-refractivity contribution in [1.29, 1.82) is 0 Å². The molecule has 1 spiro atoms. The number of esters is 3. The number of ketones is 1. The summed E-state index contributed by atoms with van der Waals surface area (Å²) in [5, 5.41) is 30.8. The Kier molecular flexibility index (Phi) is 13.7. The van der Waals surface area contributed by atoms with Crippen molar-refractivity contribution in [2.45, 2.75) is 167 Å². The van der Waals surface area contributed by atoms with Crippen LogP contribution < -0.4 is 5.32 Å². The summed E-state index contributed by atoms with van der Waals surface area (Å²) in [6.45, 7) is 18.0. The van der Waals surface area contributed by atoms with E-state index in [-0.39, 0.29) is 36.3 Å². The smallest absolute Gasteiger partial charge is 0.456 e. The minimum Gasteiger partial charge on any atom is -0.456 e. The fourth-order valence-electron chi connectivity index (χ4n) is 12.5. The summed E-state index contributed by atoms with van der Waals surface area (Å²) in [5.74, 6) is -3.46. The largest absolute Gasteiger partial charge is 0.509 e. The van der Waals surface area contributed by atoms with E-state index in [4.69, 9.17) is 37.6 Å². The van der Waals surface area contributed by atoms with E-state index in [1.165, 1.54) is 37.3 Å². The molecule has 4 aliphatic carbocycles. The molecule has 2 aromatic rings. The van der Waals surface area contributed by atoms with Crippen LogP contribution in [0.25, 0.3) is 0 Å². The molecule has 4 fully saturated rings. The predicted octanol–water partition coefficient (Wildman–Crippen LogP) is 6.90. The molecule has 2 heterocycles. The van der Waals surface area contributed by atoms with E-state index in [9.17, 15) is 29.4 Å². The highest BCUT2D eigenvalue weighted by molar-refractivity contribution is 7.10. The van der Waals surface area contributed by atoms with Gasteiger partial charge in [-0.2, -0.15) is 0 Å². The van der Waals surface area contributed by atoms with Gasteiger partial charge in [-0.05, 0) is 94.4 Å². The van der Waals surface area contributed by atoms with Crippen LogP contribution >= 0.6 is 11.3 Å². The van der Waals surface area contributed by atoms with Crippen molar-refractivity contribution in [3.63, 3.8) is 0 Å². The first-order chi connectivity index (χ1) is 31.9. The second kappa shape index (κ2) is 18.3. The molecule has 0 radical (unpaired) electrons. The van der Waals surface area contributed by atoms with Crippen LogP contribution in [-0.2, 0) is 52.0 Å². The van der Waals surface area contributed by atoms with Gasteiger partial charge in [0.2, 0.25) is 0 Å². The molecular formula is C49H65NO16SSi. The second-order valence-corrected chi connectivity index (χ2v) is 25.6. The number of Topliss-reactive ketones (excluding diaryl/α,β-unsaturated/α-hetero) is 1. The van der Waals surface area contributed by atoms with Crippen LogP contribution in [0, 0.1) is 16.2 Å². The van der Waals surface area contributed by atoms with Crippen molar-refractivity contribution >= 4 is 55.6 Å². The van der Waals surface area contributed by atoms with Gasteiger partial charge in [0.25, 0.3) is 0 Å². The third kappa shape index (κ3) is 7.52. The quantitative estimate of drug-likeness (QED) is 0.0714. The van der Waals surface area contributed by atoms with E-state index in [1.807, 2.05) is 20.8 Å². The molecule has 372 valence electrons. The third-order valence-electron chi connectivity index (χ3n) is 15.7. The summed E-state index contributed by atoms with van der Waals surface area (Å²) in [6, 6.07) is 12.2. The molecule has 7 rings (SSSR count). The Morgan fingerprint density at radius 3 is 2.18 bits per heavy atom.